The molecule has 2 heterocycles. The molecule has 0 unspecified atom stereocenters. The molecule has 1 saturated heterocycles. The maximum absolute atomic E-state index is 6.13. The van der Waals surface area contributed by atoms with Gasteiger partial charge >= 0.3 is 7.12 Å². The van der Waals surface area contributed by atoms with Crippen molar-refractivity contribution in [3.05, 3.63) is 24.4 Å². The molecule has 0 radical (unpaired) electrons. The van der Waals surface area contributed by atoms with Gasteiger partial charge in [-0.15, -0.1) is 0 Å². The van der Waals surface area contributed by atoms with Crippen molar-refractivity contribution in [1.82, 2.24) is 14.7 Å². The summed E-state index contributed by atoms with van der Waals surface area (Å²) in [5, 5.41) is 5.62. The normalized spacial score (nSPS) is 19.9. The van der Waals surface area contributed by atoms with Crippen LogP contribution in [0.3, 0.4) is 0 Å². The van der Waals surface area contributed by atoms with E-state index < -0.39 is 0 Å². The average Bonchev–Trinajstić information content (AvgIpc) is 2.94. The van der Waals surface area contributed by atoms with Crippen molar-refractivity contribution in [2.24, 2.45) is 0 Å². The Bertz CT molecular complexity index is 693. The first kappa shape index (κ1) is 16.5. The van der Waals surface area contributed by atoms with E-state index in [-0.39, 0.29) is 18.3 Å². The van der Waals surface area contributed by atoms with Crippen molar-refractivity contribution >= 4 is 23.5 Å². The number of likely N-dealkylation sites (N-methyl/N-ethyl adjacent to an activating group) is 1. The Labute approximate surface area is 138 Å². The first-order valence-electron chi connectivity index (χ1n) is 8.15. The summed E-state index contributed by atoms with van der Waals surface area (Å²) in [4.78, 5) is 2.16. The van der Waals surface area contributed by atoms with Crippen LogP contribution in [0, 0.1) is 0 Å². The summed E-state index contributed by atoms with van der Waals surface area (Å²) in [6.45, 7) is 10.1. The third-order valence-electron chi connectivity index (χ3n) is 4.95. The van der Waals surface area contributed by atoms with Gasteiger partial charge in [-0.3, -0.25) is 4.68 Å². The number of aromatic nitrogens is 2. The van der Waals surface area contributed by atoms with Gasteiger partial charge in [-0.2, -0.15) is 5.10 Å². The van der Waals surface area contributed by atoms with E-state index in [4.69, 9.17) is 9.31 Å². The van der Waals surface area contributed by atoms with E-state index in [1.165, 1.54) is 0 Å². The van der Waals surface area contributed by atoms with Crippen LogP contribution in [0.15, 0.2) is 24.4 Å². The summed E-state index contributed by atoms with van der Waals surface area (Å²) < 4.78 is 14.3. The largest absolute Gasteiger partial charge is 0.494 e. The number of hydrogen-bond donors (Lipinski definition) is 0. The molecule has 2 aromatic rings. The average molecular weight is 315 g/mol. The highest BCUT2D eigenvalue weighted by Gasteiger charge is 2.51. The number of fused-ring (bicyclic) bond motifs is 1. The quantitative estimate of drug-likeness (QED) is 0.808. The smallest absolute Gasteiger partial charge is 0.399 e. The second-order valence-electron chi connectivity index (χ2n) is 7.58. The SMILES string of the molecule is CN(C)CCn1ncc2cc(B3OC(C)(C)C(C)(C)O3)ccc21. The van der Waals surface area contributed by atoms with Gasteiger partial charge in [0, 0.05) is 11.9 Å². The Morgan fingerprint density at radius 2 is 1.78 bits per heavy atom. The molecule has 1 aromatic carbocycles. The summed E-state index contributed by atoms with van der Waals surface area (Å²) in [6.07, 6.45) is 1.92. The van der Waals surface area contributed by atoms with Gasteiger partial charge < -0.3 is 14.2 Å². The van der Waals surface area contributed by atoms with Crippen LogP contribution >= 0.6 is 0 Å². The van der Waals surface area contributed by atoms with Crippen LogP contribution in [0.2, 0.25) is 0 Å². The first-order chi connectivity index (χ1) is 10.7. The molecule has 1 aliphatic rings. The van der Waals surface area contributed by atoms with Gasteiger partial charge in [0.2, 0.25) is 0 Å². The number of nitrogens with zero attached hydrogens (tertiary/aromatic N) is 3. The Balaban J connectivity index is 1.85. The van der Waals surface area contributed by atoms with Crippen molar-refractivity contribution in [2.45, 2.75) is 45.4 Å². The van der Waals surface area contributed by atoms with Gasteiger partial charge in [0.25, 0.3) is 0 Å². The molecule has 5 nitrogen and oxygen atoms in total. The van der Waals surface area contributed by atoms with Crippen molar-refractivity contribution in [3.63, 3.8) is 0 Å². The van der Waals surface area contributed by atoms with Crippen molar-refractivity contribution in [1.29, 1.82) is 0 Å². The van der Waals surface area contributed by atoms with Crippen LogP contribution in [0.1, 0.15) is 27.7 Å². The van der Waals surface area contributed by atoms with E-state index in [1.807, 2.05) is 10.9 Å². The van der Waals surface area contributed by atoms with Crippen LogP contribution in [0.4, 0.5) is 0 Å². The second-order valence-corrected chi connectivity index (χ2v) is 7.58. The van der Waals surface area contributed by atoms with Gasteiger partial charge in [-0.1, -0.05) is 12.1 Å². The van der Waals surface area contributed by atoms with Crippen LogP contribution in [0.5, 0.6) is 0 Å². The van der Waals surface area contributed by atoms with Gasteiger partial charge in [-0.05, 0) is 53.3 Å². The molecular formula is C17H26BN3O2. The lowest BCUT2D eigenvalue weighted by Gasteiger charge is -2.32. The fourth-order valence-corrected chi connectivity index (χ4v) is 2.70. The fourth-order valence-electron chi connectivity index (χ4n) is 2.70. The predicted molar refractivity (Wildman–Crippen MR) is 94.0 cm³/mol. The monoisotopic (exact) mass is 315 g/mol. The molecule has 1 aromatic heterocycles. The molecular weight excluding hydrogens is 289 g/mol. The van der Waals surface area contributed by atoms with Gasteiger partial charge in [0.05, 0.1) is 29.5 Å². The molecule has 1 aliphatic heterocycles. The lowest BCUT2D eigenvalue weighted by Crippen LogP contribution is -2.41. The van der Waals surface area contributed by atoms with E-state index in [2.05, 4.69) is 70.0 Å². The van der Waals surface area contributed by atoms with E-state index in [0.29, 0.717) is 0 Å². The lowest BCUT2D eigenvalue weighted by atomic mass is 9.79. The summed E-state index contributed by atoms with van der Waals surface area (Å²) in [7, 11) is 3.82. The predicted octanol–water partition coefficient (Wildman–Crippen LogP) is 1.90. The lowest BCUT2D eigenvalue weighted by molar-refractivity contribution is 0.00578. The minimum absolute atomic E-state index is 0.317. The maximum Gasteiger partial charge on any atom is 0.494 e. The number of rotatable bonds is 4. The standard InChI is InChI=1S/C17H26BN3O2/c1-16(2)17(3,4)23-18(22-16)14-7-8-15-13(11-14)12-19-21(15)10-9-20(5)6/h7-8,11-12H,9-10H2,1-6H3. The van der Waals surface area contributed by atoms with E-state index in [9.17, 15) is 0 Å². The molecule has 3 rings (SSSR count). The minimum Gasteiger partial charge on any atom is -0.399 e. The highest BCUT2D eigenvalue weighted by molar-refractivity contribution is 6.62. The minimum atomic E-state index is -0.325. The van der Waals surface area contributed by atoms with Crippen LogP contribution < -0.4 is 5.46 Å². The maximum atomic E-state index is 6.13. The van der Waals surface area contributed by atoms with Crippen LogP contribution in [-0.4, -0.2) is 53.6 Å². The summed E-state index contributed by atoms with van der Waals surface area (Å²) in [5.74, 6) is 0. The molecule has 0 atom stereocenters. The fraction of sp³-hybridized carbons (Fsp3) is 0.588. The van der Waals surface area contributed by atoms with Crippen LogP contribution in [-0.2, 0) is 15.9 Å². The molecule has 1 fully saturated rings. The van der Waals surface area contributed by atoms with E-state index in [1.54, 1.807) is 0 Å². The van der Waals surface area contributed by atoms with E-state index >= 15 is 0 Å². The van der Waals surface area contributed by atoms with Gasteiger partial charge in [-0.25, -0.2) is 0 Å². The van der Waals surface area contributed by atoms with Crippen molar-refractivity contribution in [3.8, 4) is 0 Å². The third kappa shape index (κ3) is 3.03. The Morgan fingerprint density at radius 1 is 1.13 bits per heavy atom. The zero-order valence-electron chi connectivity index (χ0n) is 15.0. The zero-order valence-corrected chi connectivity index (χ0v) is 15.0. The highest BCUT2D eigenvalue weighted by Crippen LogP contribution is 2.36. The summed E-state index contributed by atoms with van der Waals surface area (Å²) in [6, 6.07) is 6.31. The van der Waals surface area contributed by atoms with Crippen molar-refractivity contribution in [2.75, 3.05) is 20.6 Å². The molecule has 0 amide bonds. The first-order valence-corrected chi connectivity index (χ1v) is 8.15. The third-order valence-corrected chi connectivity index (χ3v) is 4.95. The second kappa shape index (κ2) is 5.62. The Morgan fingerprint density at radius 3 is 2.39 bits per heavy atom. The molecule has 0 bridgehead atoms. The van der Waals surface area contributed by atoms with Gasteiger partial charge in [0.1, 0.15) is 0 Å². The summed E-state index contributed by atoms with van der Waals surface area (Å²) in [5.41, 5.74) is 1.56. The van der Waals surface area contributed by atoms with E-state index in [0.717, 1.165) is 29.5 Å². The number of benzene rings is 1. The zero-order chi connectivity index (χ0) is 16.8. The Hall–Kier alpha value is -1.37. The van der Waals surface area contributed by atoms with Crippen molar-refractivity contribution < 1.29 is 9.31 Å². The summed E-state index contributed by atoms with van der Waals surface area (Å²) >= 11 is 0. The highest BCUT2D eigenvalue weighted by atomic mass is 16.7. The molecule has 0 saturated carbocycles. The molecule has 6 heteroatoms. The Kier molecular flexibility index (Phi) is 4.03. The molecule has 0 aliphatic carbocycles. The van der Waals surface area contributed by atoms with Crippen LogP contribution in [0.25, 0.3) is 10.9 Å². The number of hydrogen-bond acceptors (Lipinski definition) is 4. The molecule has 124 valence electrons. The van der Waals surface area contributed by atoms with Gasteiger partial charge in [0.15, 0.2) is 0 Å². The molecule has 23 heavy (non-hydrogen) atoms. The topological polar surface area (TPSA) is 39.5 Å². The molecule has 0 N–H and O–H groups in total. The molecule has 0 spiro atoms.